The second-order valence-corrected chi connectivity index (χ2v) is 9.62. The van der Waals surface area contributed by atoms with Crippen molar-refractivity contribution < 1.29 is 17.9 Å². The van der Waals surface area contributed by atoms with E-state index in [1.807, 2.05) is 30.5 Å². The summed E-state index contributed by atoms with van der Waals surface area (Å²) in [6, 6.07) is 10.9. The van der Waals surface area contributed by atoms with Gasteiger partial charge in [-0.25, -0.2) is 22.9 Å². The molecule has 1 aromatic carbocycles. The van der Waals surface area contributed by atoms with E-state index in [4.69, 9.17) is 4.74 Å². The third-order valence-corrected chi connectivity index (χ3v) is 5.93. The molecule has 0 saturated heterocycles. The Morgan fingerprint density at radius 3 is 2.59 bits per heavy atom. The number of pyridine rings is 1. The number of carbonyl (C=O) groups is 1. The van der Waals surface area contributed by atoms with Crippen LogP contribution in [0.2, 0.25) is 0 Å². The van der Waals surface area contributed by atoms with Gasteiger partial charge in [0.1, 0.15) is 6.10 Å². The molecular formula is C20H24N6O4S2. The molecule has 0 spiro atoms. The molecule has 0 aliphatic rings. The van der Waals surface area contributed by atoms with Crippen LogP contribution in [0, 0.1) is 6.92 Å². The zero-order valence-electron chi connectivity index (χ0n) is 18.3. The van der Waals surface area contributed by atoms with Crippen LogP contribution in [0.25, 0.3) is 11.4 Å². The lowest BCUT2D eigenvalue weighted by Crippen LogP contribution is -2.18. The SMILES string of the molecule is CSc1ccccc1[C@@H](C)OC(=O)Nc1c(-c2ccc(NS(C)(=O)=O)c(C)n2)nnn1C. The maximum absolute atomic E-state index is 12.6. The van der Waals surface area contributed by atoms with Gasteiger partial charge in [-0.3, -0.25) is 10.0 Å². The maximum Gasteiger partial charge on any atom is 0.413 e. The molecule has 12 heteroatoms. The fraction of sp³-hybridized carbons (Fsp3) is 0.300. The maximum atomic E-state index is 12.6. The first-order chi connectivity index (χ1) is 15.1. The van der Waals surface area contributed by atoms with Crippen LogP contribution in [0.3, 0.4) is 0 Å². The molecule has 0 saturated carbocycles. The number of carbonyl (C=O) groups excluding carboxylic acids is 1. The molecule has 1 atom stereocenters. The number of thioether (sulfide) groups is 1. The summed E-state index contributed by atoms with van der Waals surface area (Å²) < 4.78 is 32.3. The van der Waals surface area contributed by atoms with Crippen LogP contribution in [-0.2, 0) is 21.8 Å². The summed E-state index contributed by atoms with van der Waals surface area (Å²) in [5.41, 5.74) is 2.47. The molecule has 10 nitrogen and oxygen atoms in total. The van der Waals surface area contributed by atoms with Gasteiger partial charge in [0.15, 0.2) is 11.5 Å². The minimum absolute atomic E-state index is 0.302. The first-order valence-electron chi connectivity index (χ1n) is 9.55. The molecule has 0 fully saturated rings. The third-order valence-electron chi connectivity index (χ3n) is 4.53. The van der Waals surface area contributed by atoms with Gasteiger partial charge < -0.3 is 4.74 Å². The minimum atomic E-state index is -3.43. The normalized spacial score (nSPS) is 12.3. The number of rotatable bonds is 7. The number of hydrogen-bond donors (Lipinski definition) is 2. The Balaban J connectivity index is 1.80. The molecule has 170 valence electrons. The van der Waals surface area contributed by atoms with Crippen molar-refractivity contribution in [2.75, 3.05) is 22.6 Å². The van der Waals surface area contributed by atoms with E-state index in [9.17, 15) is 13.2 Å². The largest absolute Gasteiger partial charge is 0.441 e. The Kier molecular flexibility index (Phi) is 7.04. The Morgan fingerprint density at radius 2 is 1.94 bits per heavy atom. The van der Waals surface area contributed by atoms with Gasteiger partial charge in [-0.1, -0.05) is 23.4 Å². The van der Waals surface area contributed by atoms with E-state index in [0.29, 0.717) is 28.6 Å². The van der Waals surface area contributed by atoms with Crippen molar-refractivity contribution in [3.05, 3.63) is 47.7 Å². The van der Waals surface area contributed by atoms with Crippen LogP contribution < -0.4 is 10.0 Å². The third kappa shape index (κ3) is 5.56. The topological polar surface area (TPSA) is 128 Å². The Hall–Kier alpha value is -3.12. The fourth-order valence-corrected chi connectivity index (χ4v) is 4.32. The lowest BCUT2D eigenvalue weighted by Gasteiger charge is -2.17. The van der Waals surface area contributed by atoms with Crippen LogP contribution >= 0.6 is 11.8 Å². The number of benzene rings is 1. The highest BCUT2D eigenvalue weighted by molar-refractivity contribution is 7.98. The first-order valence-corrected chi connectivity index (χ1v) is 12.7. The van der Waals surface area contributed by atoms with E-state index in [-0.39, 0.29) is 0 Å². The predicted octanol–water partition coefficient (Wildman–Crippen LogP) is 3.59. The average molecular weight is 477 g/mol. The second-order valence-electron chi connectivity index (χ2n) is 7.03. The number of nitrogens with one attached hydrogen (secondary N) is 2. The van der Waals surface area contributed by atoms with Crippen LogP contribution in [0.1, 0.15) is 24.3 Å². The van der Waals surface area contributed by atoms with E-state index in [1.54, 1.807) is 44.8 Å². The standard InChI is InChI=1S/C20H24N6O4S2/c1-12-15(24-32(5,28)29)10-11-16(21-12)18-19(26(3)25-23-18)22-20(27)30-13(2)14-8-6-7-9-17(14)31-4/h6-11,13,24H,1-5H3,(H,22,27)/t13-/m1/s1. The van der Waals surface area contributed by atoms with Crippen molar-refractivity contribution in [3.63, 3.8) is 0 Å². The van der Waals surface area contributed by atoms with Crippen molar-refractivity contribution in [2.45, 2.75) is 24.8 Å². The lowest BCUT2D eigenvalue weighted by molar-refractivity contribution is 0.119. The lowest BCUT2D eigenvalue weighted by atomic mass is 10.1. The number of amides is 1. The summed E-state index contributed by atoms with van der Waals surface area (Å²) in [6.07, 6.45) is 1.90. The number of hydrogen-bond acceptors (Lipinski definition) is 8. The van der Waals surface area contributed by atoms with Crippen LogP contribution in [0.4, 0.5) is 16.3 Å². The number of aromatic nitrogens is 4. The van der Waals surface area contributed by atoms with Gasteiger partial charge in [-0.2, -0.15) is 0 Å². The van der Waals surface area contributed by atoms with E-state index in [1.165, 1.54) is 4.68 Å². The van der Waals surface area contributed by atoms with Gasteiger partial charge in [-0.05, 0) is 38.3 Å². The zero-order valence-corrected chi connectivity index (χ0v) is 19.9. The molecule has 0 aliphatic carbocycles. The molecule has 32 heavy (non-hydrogen) atoms. The van der Waals surface area contributed by atoms with E-state index >= 15 is 0 Å². The minimum Gasteiger partial charge on any atom is -0.441 e. The van der Waals surface area contributed by atoms with Gasteiger partial charge in [-0.15, -0.1) is 16.9 Å². The smallest absolute Gasteiger partial charge is 0.413 e. The van der Waals surface area contributed by atoms with Gasteiger partial charge in [0.05, 0.1) is 23.3 Å². The molecule has 2 heterocycles. The highest BCUT2D eigenvalue weighted by Crippen LogP contribution is 2.29. The Bertz CT molecular complexity index is 1240. The number of anilines is 2. The summed E-state index contributed by atoms with van der Waals surface area (Å²) in [7, 11) is -1.80. The van der Waals surface area contributed by atoms with Gasteiger partial charge in [0, 0.05) is 17.5 Å². The summed E-state index contributed by atoms with van der Waals surface area (Å²) >= 11 is 1.58. The number of ether oxygens (including phenoxy) is 1. The van der Waals surface area contributed by atoms with Crippen molar-refractivity contribution in [3.8, 4) is 11.4 Å². The molecule has 0 bridgehead atoms. The molecule has 1 amide bonds. The van der Waals surface area contributed by atoms with Crippen LogP contribution in [-0.4, -0.2) is 47.0 Å². The predicted molar refractivity (Wildman–Crippen MR) is 124 cm³/mol. The average Bonchev–Trinajstić information content (AvgIpc) is 3.08. The molecule has 0 unspecified atom stereocenters. The monoisotopic (exact) mass is 476 g/mol. The molecular weight excluding hydrogens is 452 g/mol. The van der Waals surface area contributed by atoms with Crippen molar-refractivity contribution in [1.82, 2.24) is 20.0 Å². The number of aryl methyl sites for hydroxylation is 2. The van der Waals surface area contributed by atoms with E-state index < -0.39 is 22.2 Å². The van der Waals surface area contributed by atoms with Crippen molar-refractivity contribution in [1.29, 1.82) is 0 Å². The second kappa shape index (κ2) is 9.57. The van der Waals surface area contributed by atoms with Gasteiger partial charge in [0.25, 0.3) is 0 Å². The molecule has 2 aromatic heterocycles. The summed E-state index contributed by atoms with van der Waals surface area (Å²) in [5, 5.41) is 10.7. The van der Waals surface area contributed by atoms with E-state index in [2.05, 4.69) is 25.3 Å². The fourth-order valence-electron chi connectivity index (χ4n) is 3.02. The first kappa shape index (κ1) is 23.5. The van der Waals surface area contributed by atoms with Crippen molar-refractivity contribution >= 4 is 39.4 Å². The van der Waals surface area contributed by atoms with Crippen LogP contribution in [0.15, 0.2) is 41.3 Å². The highest BCUT2D eigenvalue weighted by Gasteiger charge is 2.21. The number of nitrogens with zero attached hydrogens (tertiary/aromatic N) is 4. The van der Waals surface area contributed by atoms with Gasteiger partial charge in [0.2, 0.25) is 10.0 Å². The van der Waals surface area contributed by atoms with Crippen LogP contribution in [0.5, 0.6) is 0 Å². The summed E-state index contributed by atoms with van der Waals surface area (Å²) in [6.45, 7) is 3.47. The summed E-state index contributed by atoms with van der Waals surface area (Å²) in [4.78, 5) is 18.0. The molecule has 0 aliphatic heterocycles. The Morgan fingerprint density at radius 1 is 1.22 bits per heavy atom. The quantitative estimate of drug-likeness (QED) is 0.495. The van der Waals surface area contributed by atoms with E-state index in [0.717, 1.165) is 16.7 Å². The van der Waals surface area contributed by atoms with Gasteiger partial charge >= 0.3 is 6.09 Å². The van der Waals surface area contributed by atoms with Crippen molar-refractivity contribution in [2.24, 2.45) is 7.05 Å². The molecule has 2 N–H and O–H groups in total. The molecule has 3 aromatic rings. The Labute approximate surface area is 190 Å². The molecule has 0 radical (unpaired) electrons. The highest BCUT2D eigenvalue weighted by atomic mass is 32.2. The summed E-state index contributed by atoms with van der Waals surface area (Å²) in [5.74, 6) is 0.302. The molecule has 3 rings (SSSR count). The zero-order chi connectivity index (χ0) is 23.5. The number of sulfonamides is 1.